The molecule has 3 aromatic rings. The number of nitrogens with zero attached hydrogens (tertiary/aromatic N) is 2. The zero-order valence-electron chi connectivity index (χ0n) is 17.8. The van der Waals surface area contributed by atoms with Crippen LogP contribution in [0.25, 0.3) is 11.1 Å². The standard InChI is InChI=1S/C24H27N3O4/c1-3-30-15-7-14-27(17-23(28)25-22-16-18(2)31-26-22)24(29)21-12-10-20(11-13-21)19-8-5-4-6-9-19/h4-6,8-13,16H,3,7,14-15,17H2,1-2H3,(H,25,26,28). The van der Waals surface area contributed by atoms with Gasteiger partial charge in [-0.1, -0.05) is 47.6 Å². The number of ether oxygens (including phenoxy) is 1. The lowest BCUT2D eigenvalue weighted by Gasteiger charge is -2.22. The molecule has 31 heavy (non-hydrogen) atoms. The van der Waals surface area contributed by atoms with Crippen molar-refractivity contribution in [2.75, 3.05) is 31.6 Å². The fourth-order valence-electron chi connectivity index (χ4n) is 3.15. The number of carbonyl (C=O) groups excluding carboxylic acids is 2. The van der Waals surface area contributed by atoms with Crippen LogP contribution in [0.4, 0.5) is 5.82 Å². The van der Waals surface area contributed by atoms with Crippen LogP contribution in [0.3, 0.4) is 0 Å². The number of carbonyl (C=O) groups is 2. The van der Waals surface area contributed by atoms with Gasteiger partial charge in [0.25, 0.3) is 5.91 Å². The molecule has 2 aromatic carbocycles. The van der Waals surface area contributed by atoms with Gasteiger partial charge in [0.05, 0.1) is 0 Å². The van der Waals surface area contributed by atoms with E-state index in [4.69, 9.17) is 9.26 Å². The summed E-state index contributed by atoms with van der Waals surface area (Å²) in [7, 11) is 0. The van der Waals surface area contributed by atoms with Crippen molar-refractivity contribution >= 4 is 17.6 Å². The summed E-state index contributed by atoms with van der Waals surface area (Å²) < 4.78 is 10.3. The van der Waals surface area contributed by atoms with E-state index in [0.29, 0.717) is 43.3 Å². The van der Waals surface area contributed by atoms with E-state index < -0.39 is 0 Å². The van der Waals surface area contributed by atoms with Gasteiger partial charge in [-0.25, -0.2) is 0 Å². The van der Waals surface area contributed by atoms with Crippen molar-refractivity contribution < 1.29 is 18.8 Å². The van der Waals surface area contributed by atoms with Gasteiger partial charge in [0.2, 0.25) is 5.91 Å². The van der Waals surface area contributed by atoms with E-state index in [0.717, 1.165) is 11.1 Å². The molecule has 3 rings (SSSR count). The normalized spacial score (nSPS) is 10.6. The zero-order chi connectivity index (χ0) is 22.1. The minimum atomic E-state index is -0.334. The Hall–Kier alpha value is -3.45. The summed E-state index contributed by atoms with van der Waals surface area (Å²) in [5.41, 5.74) is 2.64. The van der Waals surface area contributed by atoms with Crippen molar-refractivity contribution in [1.29, 1.82) is 0 Å². The third kappa shape index (κ3) is 6.52. The van der Waals surface area contributed by atoms with Crippen molar-refractivity contribution in [3.63, 3.8) is 0 Å². The highest BCUT2D eigenvalue weighted by molar-refractivity contribution is 5.99. The van der Waals surface area contributed by atoms with E-state index in [1.807, 2.05) is 49.4 Å². The van der Waals surface area contributed by atoms with Crippen LogP contribution in [-0.2, 0) is 9.53 Å². The number of aromatic nitrogens is 1. The Morgan fingerprint density at radius 3 is 2.42 bits per heavy atom. The van der Waals surface area contributed by atoms with Crippen LogP contribution >= 0.6 is 0 Å². The Morgan fingerprint density at radius 2 is 1.77 bits per heavy atom. The summed E-state index contributed by atoms with van der Waals surface area (Å²) >= 11 is 0. The summed E-state index contributed by atoms with van der Waals surface area (Å²) in [4.78, 5) is 27.1. The molecule has 0 radical (unpaired) electrons. The van der Waals surface area contributed by atoms with Crippen LogP contribution in [-0.4, -0.2) is 48.2 Å². The second-order valence-corrected chi connectivity index (χ2v) is 7.09. The molecular weight excluding hydrogens is 394 g/mol. The predicted octanol–water partition coefficient (Wildman–Crippen LogP) is 4.16. The third-order valence-corrected chi connectivity index (χ3v) is 4.68. The molecule has 0 atom stereocenters. The van der Waals surface area contributed by atoms with Crippen molar-refractivity contribution in [1.82, 2.24) is 10.1 Å². The first-order valence-corrected chi connectivity index (χ1v) is 10.3. The monoisotopic (exact) mass is 421 g/mol. The summed E-state index contributed by atoms with van der Waals surface area (Å²) in [5, 5.41) is 6.42. The number of benzene rings is 2. The highest BCUT2D eigenvalue weighted by Crippen LogP contribution is 2.20. The van der Waals surface area contributed by atoms with E-state index in [2.05, 4.69) is 10.5 Å². The maximum atomic E-state index is 13.1. The number of hydrogen-bond donors (Lipinski definition) is 1. The number of rotatable bonds is 10. The number of anilines is 1. The van der Waals surface area contributed by atoms with E-state index in [1.165, 1.54) is 4.90 Å². The van der Waals surface area contributed by atoms with Crippen molar-refractivity contribution in [3.05, 3.63) is 72.0 Å². The number of amides is 2. The highest BCUT2D eigenvalue weighted by atomic mass is 16.5. The van der Waals surface area contributed by atoms with E-state index in [1.54, 1.807) is 25.1 Å². The molecule has 0 spiro atoms. The van der Waals surface area contributed by atoms with E-state index >= 15 is 0 Å². The van der Waals surface area contributed by atoms with Crippen LogP contribution in [0, 0.1) is 6.92 Å². The van der Waals surface area contributed by atoms with E-state index in [9.17, 15) is 9.59 Å². The molecule has 0 fully saturated rings. The topological polar surface area (TPSA) is 84.7 Å². The molecule has 7 heteroatoms. The highest BCUT2D eigenvalue weighted by Gasteiger charge is 2.19. The first-order valence-electron chi connectivity index (χ1n) is 10.3. The average Bonchev–Trinajstić information content (AvgIpc) is 3.20. The molecule has 1 N–H and O–H groups in total. The van der Waals surface area contributed by atoms with Gasteiger partial charge in [-0.3, -0.25) is 9.59 Å². The minimum absolute atomic E-state index is 0.0860. The Bertz CT molecular complexity index is 984. The van der Waals surface area contributed by atoms with Crippen molar-refractivity contribution in [2.45, 2.75) is 20.3 Å². The fraction of sp³-hybridized carbons (Fsp3) is 0.292. The lowest BCUT2D eigenvalue weighted by Crippen LogP contribution is -2.39. The molecule has 7 nitrogen and oxygen atoms in total. The second-order valence-electron chi connectivity index (χ2n) is 7.09. The summed E-state index contributed by atoms with van der Waals surface area (Å²) in [6.07, 6.45) is 0.637. The Kier molecular flexibility index (Phi) is 7.95. The van der Waals surface area contributed by atoms with Gasteiger partial charge in [-0.2, -0.15) is 0 Å². The lowest BCUT2D eigenvalue weighted by molar-refractivity contribution is -0.117. The molecule has 0 aliphatic rings. The third-order valence-electron chi connectivity index (χ3n) is 4.68. The maximum Gasteiger partial charge on any atom is 0.254 e. The molecule has 0 unspecified atom stereocenters. The van der Waals surface area contributed by atoms with Gasteiger partial charge < -0.3 is 19.5 Å². The van der Waals surface area contributed by atoms with Gasteiger partial charge in [-0.15, -0.1) is 0 Å². The quantitative estimate of drug-likeness (QED) is 0.497. The van der Waals surface area contributed by atoms with Crippen LogP contribution in [0.1, 0.15) is 29.5 Å². The molecule has 0 aliphatic heterocycles. The predicted molar refractivity (Wildman–Crippen MR) is 119 cm³/mol. The first-order chi connectivity index (χ1) is 15.1. The first kappa shape index (κ1) is 22.2. The summed E-state index contributed by atoms with van der Waals surface area (Å²) in [6.45, 7) is 5.12. The van der Waals surface area contributed by atoms with Crippen molar-refractivity contribution in [3.8, 4) is 11.1 Å². The molecule has 0 saturated heterocycles. The Balaban J connectivity index is 1.69. The fourth-order valence-corrected chi connectivity index (χ4v) is 3.15. The zero-order valence-corrected chi connectivity index (χ0v) is 17.8. The van der Waals surface area contributed by atoms with Crippen LogP contribution in [0.2, 0.25) is 0 Å². The average molecular weight is 421 g/mol. The molecule has 0 saturated carbocycles. The van der Waals surface area contributed by atoms with Crippen LogP contribution < -0.4 is 5.32 Å². The minimum Gasteiger partial charge on any atom is -0.382 e. The SMILES string of the molecule is CCOCCCN(CC(=O)Nc1cc(C)on1)C(=O)c1ccc(-c2ccccc2)cc1. The number of nitrogens with one attached hydrogen (secondary N) is 1. The number of hydrogen-bond acceptors (Lipinski definition) is 5. The molecule has 1 aromatic heterocycles. The number of aryl methyl sites for hydroxylation is 1. The van der Waals surface area contributed by atoms with Gasteiger partial charge in [0.1, 0.15) is 12.3 Å². The Morgan fingerprint density at radius 1 is 1.06 bits per heavy atom. The van der Waals surface area contributed by atoms with E-state index in [-0.39, 0.29) is 18.4 Å². The second kappa shape index (κ2) is 11.1. The maximum absolute atomic E-state index is 13.1. The summed E-state index contributed by atoms with van der Waals surface area (Å²) in [6, 6.07) is 19.0. The largest absolute Gasteiger partial charge is 0.382 e. The van der Waals surface area contributed by atoms with Gasteiger partial charge in [0, 0.05) is 31.4 Å². The van der Waals surface area contributed by atoms with Crippen LogP contribution in [0.5, 0.6) is 0 Å². The van der Waals surface area contributed by atoms with Gasteiger partial charge in [0.15, 0.2) is 5.82 Å². The molecule has 2 amide bonds. The van der Waals surface area contributed by atoms with Crippen molar-refractivity contribution in [2.24, 2.45) is 0 Å². The smallest absolute Gasteiger partial charge is 0.254 e. The molecule has 162 valence electrons. The molecular formula is C24H27N3O4. The summed E-state index contributed by atoms with van der Waals surface area (Å²) in [5.74, 6) is 0.386. The Labute approximate surface area is 182 Å². The lowest BCUT2D eigenvalue weighted by atomic mass is 10.0. The van der Waals surface area contributed by atoms with Gasteiger partial charge >= 0.3 is 0 Å². The van der Waals surface area contributed by atoms with Crippen LogP contribution in [0.15, 0.2) is 65.2 Å². The van der Waals surface area contributed by atoms with Gasteiger partial charge in [-0.05, 0) is 43.5 Å². The molecule has 0 aliphatic carbocycles. The molecule has 1 heterocycles. The molecule has 0 bridgehead atoms.